The number of thiazole rings is 1. The quantitative estimate of drug-likeness (QED) is 0.341. The van der Waals surface area contributed by atoms with Crippen LogP contribution in [0.25, 0.3) is 0 Å². The molecule has 0 unspecified atom stereocenters. The molecule has 0 saturated heterocycles. The van der Waals surface area contributed by atoms with E-state index in [1.165, 1.54) is 11.3 Å². The molecule has 0 atom stereocenters. The van der Waals surface area contributed by atoms with E-state index in [1.54, 1.807) is 6.92 Å². The Morgan fingerprint density at radius 2 is 1.54 bits per heavy atom. The van der Waals surface area contributed by atoms with Gasteiger partial charge in [-0.1, -0.05) is 60.7 Å². The summed E-state index contributed by atoms with van der Waals surface area (Å²) in [7, 11) is -3.69. The monoisotopic (exact) mass is 507 g/mol. The number of sulfonamides is 1. The Kier molecular flexibility index (Phi) is 7.48. The van der Waals surface area contributed by atoms with Crippen LogP contribution in [-0.2, 0) is 23.2 Å². The number of amides is 1. The largest absolute Gasteiger partial charge is 0.489 e. The number of aromatic nitrogens is 1. The van der Waals surface area contributed by atoms with Gasteiger partial charge in [-0.25, -0.2) is 18.1 Å². The van der Waals surface area contributed by atoms with Gasteiger partial charge in [0, 0.05) is 10.6 Å². The minimum absolute atomic E-state index is 0.0938. The lowest BCUT2D eigenvalue weighted by atomic mass is 10.2. The molecule has 0 fully saturated rings. The lowest BCUT2D eigenvalue weighted by Crippen LogP contribution is -2.30. The topological polar surface area (TPSA) is 88.6 Å². The number of nitrogens with zero attached hydrogens (tertiary/aromatic N) is 2. The minimum Gasteiger partial charge on any atom is -0.489 e. The fourth-order valence-electron chi connectivity index (χ4n) is 3.42. The number of nitrogens with one attached hydrogen (secondary N) is 1. The Bertz CT molecular complexity index is 1390. The average molecular weight is 508 g/mol. The van der Waals surface area contributed by atoms with Crippen molar-refractivity contribution in [1.82, 2.24) is 9.71 Å². The highest BCUT2D eigenvalue weighted by Gasteiger charge is 2.22. The first-order valence-electron chi connectivity index (χ1n) is 10.9. The Labute approximate surface area is 209 Å². The van der Waals surface area contributed by atoms with E-state index < -0.39 is 15.9 Å². The molecular formula is C26H25N3O4S2. The summed E-state index contributed by atoms with van der Waals surface area (Å²) in [5.41, 5.74) is 3.10. The number of rotatable bonds is 9. The molecule has 180 valence electrons. The molecule has 0 aliphatic rings. The first kappa shape index (κ1) is 24.4. The van der Waals surface area contributed by atoms with Gasteiger partial charge in [-0.15, -0.1) is 11.3 Å². The van der Waals surface area contributed by atoms with Gasteiger partial charge in [-0.2, -0.15) is 0 Å². The van der Waals surface area contributed by atoms with Crippen LogP contribution in [0.1, 0.15) is 26.5 Å². The zero-order chi connectivity index (χ0) is 24.8. The Balaban J connectivity index is 1.60. The summed E-state index contributed by atoms with van der Waals surface area (Å²) in [4.78, 5) is 19.6. The fraction of sp³-hybridized carbons (Fsp3) is 0.154. The van der Waals surface area contributed by atoms with Crippen LogP contribution in [0.15, 0.2) is 84.9 Å². The molecule has 1 aromatic heterocycles. The van der Waals surface area contributed by atoms with Crippen molar-refractivity contribution >= 4 is 38.1 Å². The lowest BCUT2D eigenvalue weighted by molar-refractivity contribution is 0.0977. The number of hydrogen-bond donors (Lipinski definition) is 1. The SMILES string of the molecule is Cc1sc(N(Cc2ccccc2)c2ccc(OCc3ccccc3)cc2)nc1C(=O)NS(C)(=O)=O. The molecule has 35 heavy (non-hydrogen) atoms. The van der Waals surface area contributed by atoms with Gasteiger partial charge < -0.3 is 9.64 Å². The van der Waals surface area contributed by atoms with Crippen molar-refractivity contribution in [2.24, 2.45) is 0 Å². The standard InChI is InChI=1S/C26H25N3O4S2/c1-19-24(25(30)28-35(2,31)32)27-26(34-19)29(17-20-9-5-3-6-10-20)22-13-15-23(16-14-22)33-18-21-11-7-4-8-12-21/h3-16H,17-18H2,1-2H3,(H,28,30). The Morgan fingerprint density at radius 1 is 0.943 bits per heavy atom. The third-order valence-corrected chi connectivity index (χ3v) is 6.64. The van der Waals surface area contributed by atoms with Gasteiger partial charge in [-0.3, -0.25) is 4.79 Å². The van der Waals surface area contributed by atoms with E-state index in [0.717, 1.165) is 28.8 Å². The van der Waals surface area contributed by atoms with Crippen LogP contribution in [0.3, 0.4) is 0 Å². The molecule has 7 nitrogen and oxygen atoms in total. The molecule has 0 aliphatic heterocycles. The van der Waals surface area contributed by atoms with E-state index in [-0.39, 0.29) is 5.69 Å². The Morgan fingerprint density at radius 3 is 2.14 bits per heavy atom. The van der Waals surface area contributed by atoms with Crippen LogP contribution in [-0.4, -0.2) is 25.6 Å². The first-order chi connectivity index (χ1) is 16.8. The van der Waals surface area contributed by atoms with Crippen LogP contribution >= 0.6 is 11.3 Å². The molecule has 0 spiro atoms. The number of hydrogen-bond acceptors (Lipinski definition) is 7. The number of carbonyl (C=O) groups excluding carboxylic acids is 1. The summed E-state index contributed by atoms with van der Waals surface area (Å²) in [5, 5.41) is 0.586. The highest BCUT2D eigenvalue weighted by Crippen LogP contribution is 2.34. The second-order valence-electron chi connectivity index (χ2n) is 7.94. The highest BCUT2D eigenvalue weighted by molar-refractivity contribution is 7.89. The maximum absolute atomic E-state index is 12.5. The summed E-state index contributed by atoms with van der Waals surface area (Å²) in [6.07, 6.45) is 0.941. The maximum Gasteiger partial charge on any atom is 0.284 e. The van der Waals surface area contributed by atoms with E-state index in [0.29, 0.717) is 23.2 Å². The molecule has 4 aromatic rings. The van der Waals surface area contributed by atoms with Gasteiger partial charge in [0.1, 0.15) is 18.1 Å². The molecule has 0 aliphatic carbocycles. The summed E-state index contributed by atoms with van der Waals surface area (Å²) in [5.74, 6) is -0.00220. The van der Waals surface area contributed by atoms with Crippen molar-refractivity contribution < 1.29 is 17.9 Å². The summed E-state index contributed by atoms with van der Waals surface area (Å²) in [6.45, 7) is 2.74. The van der Waals surface area contributed by atoms with Crippen molar-refractivity contribution in [3.05, 3.63) is 107 Å². The molecule has 3 aromatic carbocycles. The van der Waals surface area contributed by atoms with Gasteiger partial charge in [0.05, 0.1) is 12.8 Å². The normalized spacial score (nSPS) is 11.1. The molecule has 0 bridgehead atoms. The summed E-state index contributed by atoms with van der Waals surface area (Å²) < 4.78 is 31.0. The van der Waals surface area contributed by atoms with E-state index in [4.69, 9.17) is 4.74 Å². The zero-order valence-corrected chi connectivity index (χ0v) is 21.0. The second-order valence-corrected chi connectivity index (χ2v) is 10.9. The van der Waals surface area contributed by atoms with E-state index in [1.807, 2.05) is 94.6 Å². The molecule has 0 radical (unpaired) electrons. The molecule has 9 heteroatoms. The number of anilines is 2. The van der Waals surface area contributed by atoms with Crippen molar-refractivity contribution in [3.63, 3.8) is 0 Å². The van der Waals surface area contributed by atoms with Gasteiger partial charge in [0.2, 0.25) is 10.0 Å². The van der Waals surface area contributed by atoms with E-state index in [2.05, 4.69) is 4.98 Å². The van der Waals surface area contributed by atoms with Crippen molar-refractivity contribution in [2.45, 2.75) is 20.1 Å². The van der Waals surface area contributed by atoms with Gasteiger partial charge in [0.25, 0.3) is 5.91 Å². The first-order valence-corrected chi connectivity index (χ1v) is 13.6. The molecule has 0 saturated carbocycles. The number of ether oxygens (including phenoxy) is 1. The predicted molar refractivity (Wildman–Crippen MR) is 139 cm³/mol. The number of aryl methyl sites for hydroxylation is 1. The summed E-state index contributed by atoms with van der Waals surface area (Å²) in [6, 6.07) is 27.5. The van der Waals surface area contributed by atoms with Crippen molar-refractivity contribution in [3.8, 4) is 5.75 Å². The molecule has 1 N–H and O–H groups in total. The molecular weight excluding hydrogens is 482 g/mol. The van der Waals surface area contributed by atoms with E-state index >= 15 is 0 Å². The minimum atomic E-state index is -3.69. The van der Waals surface area contributed by atoms with Crippen molar-refractivity contribution in [2.75, 3.05) is 11.2 Å². The van der Waals surface area contributed by atoms with Crippen LogP contribution in [0, 0.1) is 6.92 Å². The number of carbonyl (C=O) groups is 1. The van der Waals surface area contributed by atoms with Crippen LogP contribution in [0.2, 0.25) is 0 Å². The molecule has 1 amide bonds. The Hall–Kier alpha value is -3.69. The fourth-order valence-corrected chi connectivity index (χ4v) is 4.78. The van der Waals surface area contributed by atoms with Gasteiger partial charge in [0.15, 0.2) is 5.13 Å². The maximum atomic E-state index is 12.5. The van der Waals surface area contributed by atoms with Crippen molar-refractivity contribution in [1.29, 1.82) is 0 Å². The third kappa shape index (κ3) is 6.68. The molecule has 4 rings (SSSR count). The van der Waals surface area contributed by atoms with Crippen LogP contribution in [0.4, 0.5) is 10.8 Å². The summed E-state index contributed by atoms with van der Waals surface area (Å²) >= 11 is 1.33. The smallest absolute Gasteiger partial charge is 0.284 e. The average Bonchev–Trinajstić information content (AvgIpc) is 3.23. The zero-order valence-electron chi connectivity index (χ0n) is 19.3. The lowest BCUT2D eigenvalue weighted by Gasteiger charge is -2.22. The van der Waals surface area contributed by atoms with E-state index in [9.17, 15) is 13.2 Å². The van der Waals surface area contributed by atoms with Crippen LogP contribution in [0.5, 0.6) is 5.75 Å². The molecule has 1 heterocycles. The third-order valence-electron chi connectivity index (χ3n) is 5.09. The van der Waals surface area contributed by atoms with Gasteiger partial charge in [-0.05, 0) is 42.3 Å². The van der Waals surface area contributed by atoms with Crippen LogP contribution < -0.4 is 14.4 Å². The number of benzene rings is 3. The second kappa shape index (κ2) is 10.7. The predicted octanol–water partition coefficient (Wildman–Crippen LogP) is 5.06. The highest BCUT2D eigenvalue weighted by atomic mass is 32.2. The van der Waals surface area contributed by atoms with Gasteiger partial charge >= 0.3 is 0 Å².